The van der Waals surface area contributed by atoms with Crippen LogP contribution in [0.5, 0.6) is 0 Å². The molecule has 0 heterocycles. The van der Waals surface area contributed by atoms with Crippen LogP contribution in [-0.2, 0) is 6.54 Å². The largest absolute Gasteiger partial charge is 0.354 e. The molecule has 0 saturated heterocycles. The number of rotatable bonds is 1. The molecule has 1 rings (SSSR count). The molecule has 64 valence electrons. The van der Waals surface area contributed by atoms with E-state index in [0.29, 0.717) is 0 Å². The van der Waals surface area contributed by atoms with Gasteiger partial charge in [-0.2, -0.15) is 0 Å². The molecule has 0 aliphatic heterocycles. The predicted octanol–water partition coefficient (Wildman–Crippen LogP) is -1.19. The molecule has 4 heteroatoms. The fourth-order valence-electron chi connectivity index (χ4n) is 0.645. The van der Waals surface area contributed by atoms with Gasteiger partial charge in [-0.15, -0.1) is 0 Å². The Hall–Kier alpha value is 0.490. The number of benzene rings is 1. The molecule has 0 amide bonds. The third-order valence-electron chi connectivity index (χ3n) is 1.13. The average Bonchev–Trinajstić information content (AvgIpc) is 2.08. The number of hydrogen-bond acceptors (Lipinski definition) is 0. The summed E-state index contributed by atoms with van der Waals surface area (Å²) in [5, 5.41) is 0. The molecule has 3 N–H and O–H groups in total. The van der Waals surface area contributed by atoms with Crippen molar-refractivity contribution in [2.24, 2.45) is 0 Å². The van der Waals surface area contributed by atoms with Gasteiger partial charge in [-0.25, -0.2) is 0 Å². The monoisotopic (exact) mass is 305 g/mol. The number of quaternary nitrogens is 1. The molecule has 0 fully saturated rings. The van der Waals surface area contributed by atoms with Gasteiger partial charge in [0.15, 0.2) is 0 Å². The summed E-state index contributed by atoms with van der Waals surface area (Å²) in [7, 11) is 9.75. The van der Waals surface area contributed by atoms with Gasteiger partial charge in [0, 0.05) is 5.56 Å². The SMILES string of the molecule is Cl[I-]Cl.[NH3+]Cc1ccccc1. The van der Waals surface area contributed by atoms with Gasteiger partial charge in [0.1, 0.15) is 0 Å². The van der Waals surface area contributed by atoms with Gasteiger partial charge in [-0.3, -0.25) is 0 Å². The van der Waals surface area contributed by atoms with Crippen molar-refractivity contribution in [2.75, 3.05) is 0 Å². The molecule has 0 aromatic heterocycles. The summed E-state index contributed by atoms with van der Waals surface area (Å²) in [6.45, 7) is 0.890. The standard InChI is InChI=1S/C7H9N.Cl2I/c8-6-7-4-2-1-3-5-7;1-3-2/h1-5H,6,8H2;/q;-1/p+1. The summed E-state index contributed by atoms with van der Waals surface area (Å²) in [5.41, 5.74) is 5.05. The van der Waals surface area contributed by atoms with Crippen molar-refractivity contribution >= 4 is 17.8 Å². The van der Waals surface area contributed by atoms with E-state index in [2.05, 4.69) is 17.9 Å². The van der Waals surface area contributed by atoms with E-state index in [-0.39, 0.29) is 0 Å². The molecular weight excluding hydrogens is 296 g/mol. The quantitative estimate of drug-likeness (QED) is 0.632. The van der Waals surface area contributed by atoms with Crippen molar-refractivity contribution < 1.29 is 24.7 Å². The molecule has 0 aliphatic rings. The summed E-state index contributed by atoms with van der Waals surface area (Å²) >= 11 is -0.466. The molecule has 0 bridgehead atoms. The number of hydrogen-bond donors (Lipinski definition) is 1. The minimum absolute atomic E-state index is 0.466. The van der Waals surface area contributed by atoms with E-state index in [1.807, 2.05) is 18.2 Å². The van der Waals surface area contributed by atoms with Crippen molar-refractivity contribution in [3.05, 3.63) is 35.9 Å². The van der Waals surface area contributed by atoms with Gasteiger partial charge in [0.25, 0.3) is 0 Å². The zero-order valence-electron chi connectivity index (χ0n) is 5.93. The molecule has 0 spiro atoms. The molecule has 0 radical (unpaired) electrons. The van der Waals surface area contributed by atoms with Gasteiger partial charge in [-0.1, -0.05) is 30.3 Å². The Kier molecular flexibility index (Phi) is 8.97. The van der Waals surface area contributed by atoms with E-state index < -0.39 is 18.9 Å². The van der Waals surface area contributed by atoms with Crippen LogP contribution in [0.3, 0.4) is 0 Å². The van der Waals surface area contributed by atoms with E-state index >= 15 is 0 Å². The van der Waals surface area contributed by atoms with E-state index in [1.54, 1.807) is 0 Å². The maximum atomic E-state index is 4.87. The number of halogens is 3. The van der Waals surface area contributed by atoms with Gasteiger partial charge < -0.3 is 5.73 Å². The smallest absolute Gasteiger partial charge is 0.0997 e. The van der Waals surface area contributed by atoms with Crippen molar-refractivity contribution in [1.82, 2.24) is 0 Å². The Bertz CT molecular complexity index is 169. The van der Waals surface area contributed by atoms with E-state index in [0.717, 1.165) is 6.54 Å². The van der Waals surface area contributed by atoms with Crippen LogP contribution in [0.2, 0.25) is 0 Å². The third kappa shape index (κ3) is 6.87. The molecule has 1 aromatic rings. The van der Waals surface area contributed by atoms with Crippen LogP contribution in [0.25, 0.3) is 0 Å². The van der Waals surface area contributed by atoms with E-state index in [1.165, 1.54) is 5.56 Å². The van der Waals surface area contributed by atoms with Gasteiger partial charge >= 0.3 is 36.8 Å². The molecule has 1 aromatic carbocycles. The molecule has 11 heavy (non-hydrogen) atoms. The summed E-state index contributed by atoms with van der Waals surface area (Å²) in [5.74, 6) is 0. The fourth-order valence-corrected chi connectivity index (χ4v) is 0.645. The Morgan fingerprint density at radius 3 is 1.91 bits per heavy atom. The van der Waals surface area contributed by atoms with E-state index in [4.69, 9.17) is 17.8 Å². The first-order chi connectivity index (χ1) is 5.35. The van der Waals surface area contributed by atoms with Crippen LogP contribution >= 0.6 is 17.8 Å². The third-order valence-corrected chi connectivity index (χ3v) is 1.13. The van der Waals surface area contributed by atoms with Crippen LogP contribution in [0.15, 0.2) is 30.3 Å². The second-order valence-corrected chi connectivity index (χ2v) is 5.00. The Morgan fingerprint density at radius 1 is 1.18 bits per heavy atom. The zero-order chi connectivity index (χ0) is 8.53. The minimum Gasteiger partial charge on any atom is -0.354 e. The van der Waals surface area contributed by atoms with Crippen LogP contribution in [0.4, 0.5) is 0 Å². The first-order valence-electron chi connectivity index (χ1n) is 3.05. The topological polar surface area (TPSA) is 27.6 Å². The maximum Gasteiger partial charge on any atom is 0.0997 e. The Balaban J connectivity index is 0.000000292. The summed E-state index contributed by atoms with van der Waals surface area (Å²) in [6, 6.07) is 10.2. The maximum absolute atomic E-state index is 4.87. The molecule has 0 aliphatic carbocycles. The summed E-state index contributed by atoms with van der Waals surface area (Å²) in [6.07, 6.45) is 0. The Labute approximate surface area is 84.6 Å². The molecule has 0 atom stereocenters. The molecule has 0 unspecified atom stereocenters. The van der Waals surface area contributed by atoms with Crippen LogP contribution in [0.1, 0.15) is 5.56 Å². The molecule has 0 saturated carbocycles. The summed E-state index contributed by atoms with van der Waals surface area (Å²) in [4.78, 5) is 0. The summed E-state index contributed by atoms with van der Waals surface area (Å²) < 4.78 is 0. The minimum atomic E-state index is -0.466. The van der Waals surface area contributed by atoms with Gasteiger partial charge in [-0.05, 0) is 0 Å². The second kappa shape index (κ2) is 8.59. The van der Waals surface area contributed by atoms with E-state index in [9.17, 15) is 0 Å². The normalized spacial score (nSPS) is 8.64. The van der Waals surface area contributed by atoms with Crippen molar-refractivity contribution in [3.63, 3.8) is 0 Å². The Morgan fingerprint density at radius 2 is 1.64 bits per heavy atom. The fraction of sp³-hybridized carbons (Fsp3) is 0.143. The zero-order valence-corrected chi connectivity index (χ0v) is 9.60. The molecular formula is C7H10Cl2IN. The van der Waals surface area contributed by atoms with Crippen molar-refractivity contribution in [3.8, 4) is 0 Å². The van der Waals surface area contributed by atoms with Crippen LogP contribution in [-0.4, -0.2) is 0 Å². The van der Waals surface area contributed by atoms with Crippen LogP contribution in [0, 0.1) is 0 Å². The molecule has 1 nitrogen and oxygen atoms in total. The van der Waals surface area contributed by atoms with Crippen LogP contribution < -0.4 is 24.7 Å². The predicted molar refractivity (Wildman–Crippen MR) is 44.7 cm³/mol. The average molecular weight is 306 g/mol. The van der Waals surface area contributed by atoms with Crippen molar-refractivity contribution in [2.45, 2.75) is 6.54 Å². The van der Waals surface area contributed by atoms with Crippen molar-refractivity contribution in [1.29, 1.82) is 0 Å². The van der Waals surface area contributed by atoms with Gasteiger partial charge in [0.2, 0.25) is 0 Å². The first-order valence-corrected chi connectivity index (χ1v) is 8.51. The second-order valence-electron chi connectivity index (χ2n) is 1.79. The first kappa shape index (κ1) is 11.5. The van der Waals surface area contributed by atoms with Gasteiger partial charge in [0.05, 0.1) is 6.54 Å².